The molecule has 92 valence electrons. The molecular weight excluding hydrogens is 220 g/mol. The maximum absolute atomic E-state index is 5.99. The summed E-state index contributed by atoms with van der Waals surface area (Å²) in [6.07, 6.45) is 4.24. The predicted octanol–water partition coefficient (Wildman–Crippen LogP) is 2.39. The summed E-state index contributed by atoms with van der Waals surface area (Å²) in [5.41, 5.74) is 7.12. The smallest absolute Gasteiger partial charge is 0.0954 e. The summed E-state index contributed by atoms with van der Waals surface area (Å²) in [7, 11) is 1.73. The number of nitrogens with zero attached hydrogens (tertiary/aromatic N) is 1. The van der Waals surface area contributed by atoms with Crippen LogP contribution in [0.3, 0.4) is 0 Å². The predicted molar refractivity (Wildman–Crippen MR) is 68.9 cm³/mol. The Kier molecular flexibility index (Phi) is 5.95. The highest BCUT2D eigenvalue weighted by Crippen LogP contribution is 2.14. The van der Waals surface area contributed by atoms with Crippen LogP contribution in [0.5, 0.6) is 0 Å². The van der Waals surface area contributed by atoms with Crippen LogP contribution in [0.2, 0.25) is 0 Å². The first-order chi connectivity index (χ1) is 7.65. The molecule has 3 nitrogen and oxygen atoms in total. The lowest BCUT2D eigenvalue weighted by Crippen LogP contribution is -2.22. The van der Waals surface area contributed by atoms with Crippen LogP contribution < -0.4 is 5.73 Å². The molecule has 0 aliphatic heterocycles. The molecule has 1 rings (SSSR count). The van der Waals surface area contributed by atoms with Gasteiger partial charge in [-0.2, -0.15) is 0 Å². The van der Waals surface area contributed by atoms with E-state index in [4.69, 9.17) is 10.5 Å². The van der Waals surface area contributed by atoms with Crippen LogP contribution >= 0.6 is 11.3 Å². The largest absolute Gasteiger partial charge is 0.381 e. The Morgan fingerprint density at radius 3 is 2.88 bits per heavy atom. The highest BCUT2D eigenvalue weighted by molar-refractivity contribution is 7.09. The molecule has 1 heterocycles. The Hall–Kier alpha value is -0.450. The van der Waals surface area contributed by atoms with Crippen LogP contribution in [0.25, 0.3) is 0 Å². The zero-order chi connectivity index (χ0) is 12.0. The molecular formula is C12H22N2OS. The third kappa shape index (κ3) is 4.60. The van der Waals surface area contributed by atoms with Gasteiger partial charge in [0.25, 0.3) is 0 Å². The highest BCUT2D eigenvalue weighted by atomic mass is 32.1. The number of aromatic nitrogens is 1. The monoisotopic (exact) mass is 242 g/mol. The molecule has 0 amide bonds. The second-order valence-corrected chi connectivity index (χ2v) is 5.18. The van der Waals surface area contributed by atoms with Gasteiger partial charge in [-0.25, -0.2) is 4.98 Å². The third-order valence-corrected chi connectivity index (χ3v) is 3.51. The van der Waals surface area contributed by atoms with Gasteiger partial charge in [0, 0.05) is 31.4 Å². The molecule has 0 spiro atoms. The number of thiazole rings is 1. The second-order valence-electron chi connectivity index (χ2n) is 4.24. The molecule has 0 saturated carbocycles. The molecule has 2 N–H and O–H groups in total. The van der Waals surface area contributed by atoms with Crippen molar-refractivity contribution in [3.63, 3.8) is 0 Å². The molecule has 2 unspecified atom stereocenters. The average molecular weight is 242 g/mol. The minimum atomic E-state index is 0.239. The summed E-state index contributed by atoms with van der Waals surface area (Å²) in [5.74, 6) is 0. The van der Waals surface area contributed by atoms with E-state index in [9.17, 15) is 0 Å². The lowest BCUT2D eigenvalue weighted by atomic mass is 10.1. The van der Waals surface area contributed by atoms with Gasteiger partial charge in [-0.1, -0.05) is 13.3 Å². The molecule has 0 aliphatic rings. The Labute approximate surface area is 102 Å². The molecule has 0 bridgehead atoms. The summed E-state index contributed by atoms with van der Waals surface area (Å²) in [6.45, 7) is 4.22. The van der Waals surface area contributed by atoms with Gasteiger partial charge in [0.05, 0.1) is 16.8 Å². The van der Waals surface area contributed by atoms with E-state index in [1.54, 1.807) is 18.4 Å². The van der Waals surface area contributed by atoms with E-state index in [1.165, 1.54) is 0 Å². The lowest BCUT2D eigenvalue weighted by molar-refractivity contribution is 0.118. The van der Waals surface area contributed by atoms with E-state index < -0.39 is 0 Å². The molecule has 1 aromatic heterocycles. The van der Waals surface area contributed by atoms with E-state index in [0.29, 0.717) is 0 Å². The van der Waals surface area contributed by atoms with Crippen molar-refractivity contribution in [2.75, 3.05) is 7.11 Å². The summed E-state index contributed by atoms with van der Waals surface area (Å²) in [4.78, 5) is 4.58. The fourth-order valence-electron chi connectivity index (χ4n) is 1.61. The minimum Gasteiger partial charge on any atom is -0.381 e. The van der Waals surface area contributed by atoms with Gasteiger partial charge in [0.15, 0.2) is 0 Å². The summed E-state index contributed by atoms with van der Waals surface area (Å²) in [6, 6.07) is 0.250. The van der Waals surface area contributed by atoms with E-state index in [0.717, 1.165) is 36.4 Å². The van der Waals surface area contributed by atoms with Crippen molar-refractivity contribution in [2.24, 2.45) is 5.73 Å². The summed E-state index contributed by atoms with van der Waals surface area (Å²) < 4.78 is 5.22. The number of hydrogen-bond donors (Lipinski definition) is 1. The van der Waals surface area contributed by atoms with E-state index >= 15 is 0 Å². The van der Waals surface area contributed by atoms with Crippen LogP contribution in [0.4, 0.5) is 0 Å². The number of ether oxygens (including phenoxy) is 1. The number of hydrogen-bond acceptors (Lipinski definition) is 4. The first kappa shape index (κ1) is 13.6. The molecule has 4 heteroatoms. The van der Waals surface area contributed by atoms with Gasteiger partial charge in [-0.3, -0.25) is 0 Å². The zero-order valence-electron chi connectivity index (χ0n) is 10.4. The van der Waals surface area contributed by atoms with Gasteiger partial charge < -0.3 is 10.5 Å². The van der Waals surface area contributed by atoms with Gasteiger partial charge in [0.1, 0.15) is 0 Å². The van der Waals surface area contributed by atoms with Crippen LogP contribution in [0.15, 0.2) is 5.38 Å². The number of methoxy groups -OCH3 is 1. The van der Waals surface area contributed by atoms with Crippen molar-refractivity contribution in [3.05, 3.63) is 16.1 Å². The zero-order valence-corrected chi connectivity index (χ0v) is 11.2. The molecule has 2 atom stereocenters. The molecule has 1 aromatic rings. The summed E-state index contributed by atoms with van der Waals surface area (Å²) in [5, 5.41) is 3.26. The van der Waals surface area contributed by atoms with Crippen LogP contribution in [-0.4, -0.2) is 24.2 Å². The molecule has 0 fully saturated rings. The maximum atomic E-state index is 5.99. The van der Waals surface area contributed by atoms with Gasteiger partial charge in [-0.15, -0.1) is 11.3 Å². The molecule has 0 saturated heterocycles. The van der Waals surface area contributed by atoms with Crippen molar-refractivity contribution in [1.82, 2.24) is 4.98 Å². The van der Waals surface area contributed by atoms with Gasteiger partial charge in [0.2, 0.25) is 0 Å². The summed E-state index contributed by atoms with van der Waals surface area (Å²) >= 11 is 1.71. The number of nitrogens with two attached hydrogens (primary N) is 1. The SMILES string of the molecule is CCCC(N)Cc1csc(CC(C)OC)n1. The minimum absolute atomic E-state index is 0.239. The van der Waals surface area contributed by atoms with Gasteiger partial charge >= 0.3 is 0 Å². The first-order valence-electron chi connectivity index (χ1n) is 5.87. The average Bonchev–Trinajstić information content (AvgIpc) is 2.65. The molecule has 0 aromatic carbocycles. The molecule has 0 aliphatic carbocycles. The lowest BCUT2D eigenvalue weighted by Gasteiger charge is -2.07. The van der Waals surface area contributed by atoms with Crippen molar-refractivity contribution in [1.29, 1.82) is 0 Å². The quantitative estimate of drug-likeness (QED) is 0.798. The van der Waals surface area contributed by atoms with Crippen LogP contribution in [0, 0.1) is 0 Å². The van der Waals surface area contributed by atoms with Crippen molar-refractivity contribution < 1.29 is 4.74 Å². The topological polar surface area (TPSA) is 48.1 Å². The van der Waals surface area contributed by atoms with E-state index in [2.05, 4.69) is 24.2 Å². The van der Waals surface area contributed by atoms with Crippen LogP contribution in [0.1, 0.15) is 37.4 Å². The molecule has 16 heavy (non-hydrogen) atoms. The fourth-order valence-corrected chi connectivity index (χ4v) is 2.53. The van der Waals surface area contributed by atoms with Crippen molar-refractivity contribution in [2.45, 2.75) is 51.7 Å². The van der Waals surface area contributed by atoms with Crippen molar-refractivity contribution >= 4 is 11.3 Å². The Morgan fingerprint density at radius 2 is 2.25 bits per heavy atom. The second kappa shape index (κ2) is 6.99. The fraction of sp³-hybridized carbons (Fsp3) is 0.750. The third-order valence-electron chi connectivity index (χ3n) is 2.59. The normalized spacial score (nSPS) is 15.0. The van der Waals surface area contributed by atoms with Gasteiger partial charge in [-0.05, 0) is 13.3 Å². The van der Waals surface area contributed by atoms with E-state index in [1.807, 2.05) is 0 Å². The Bertz CT molecular complexity index is 301. The van der Waals surface area contributed by atoms with Crippen LogP contribution in [-0.2, 0) is 17.6 Å². The molecule has 0 radical (unpaired) electrons. The standard InChI is InChI=1S/C12H22N2OS/c1-4-5-10(13)7-11-8-16-12(14-11)6-9(2)15-3/h8-10H,4-7,13H2,1-3H3. The van der Waals surface area contributed by atoms with Crippen molar-refractivity contribution in [3.8, 4) is 0 Å². The first-order valence-corrected chi connectivity index (χ1v) is 6.75. The number of rotatable bonds is 7. The van der Waals surface area contributed by atoms with E-state index in [-0.39, 0.29) is 12.1 Å². The maximum Gasteiger partial charge on any atom is 0.0954 e. The Balaban J connectivity index is 2.44. The highest BCUT2D eigenvalue weighted by Gasteiger charge is 2.09. The Morgan fingerprint density at radius 1 is 1.50 bits per heavy atom.